The van der Waals surface area contributed by atoms with Crippen LogP contribution in [0.2, 0.25) is 5.02 Å². The average molecular weight is 541 g/mol. The fraction of sp³-hybridized carbons (Fsp3) is 0.391. The number of non-ortho nitro benzene ring substituents is 1. The molecule has 13 heteroatoms. The van der Waals surface area contributed by atoms with Gasteiger partial charge in [0.2, 0.25) is 21.8 Å². The zero-order chi connectivity index (χ0) is 27.0. The Hall–Kier alpha value is -3.38. The summed E-state index contributed by atoms with van der Waals surface area (Å²) in [6.45, 7) is 3.02. The molecular formula is C23H29ClN4O7S. The zero-order valence-corrected chi connectivity index (χ0v) is 22.0. The Morgan fingerprint density at radius 3 is 2.39 bits per heavy atom. The summed E-state index contributed by atoms with van der Waals surface area (Å²) >= 11 is 6.30. The van der Waals surface area contributed by atoms with Crippen LogP contribution in [0, 0.1) is 10.1 Å². The normalized spacial score (nSPS) is 11.9. The van der Waals surface area contributed by atoms with Crippen molar-refractivity contribution in [2.75, 3.05) is 30.8 Å². The van der Waals surface area contributed by atoms with Crippen molar-refractivity contribution in [2.24, 2.45) is 0 Å². The first-order valence-corrected chi connectivity index (χ1v) is 13.3. The number of amides is 2. The molecule has 0 saturated carbocycles. The van der Waals surface area contributed by atoms with E-state index >= 15 is 0 Å². The number of sulfonamides is 1. The lowest BCUT2D eigenvalue weighted by Crippen LogP contribution is -2.52. The van der Waals surface area contributed by atoms with Crippen LogP contribution in [-0.2, 0) is 26.2 Å². The van der Waals surface area contributed by atoms with Crippen molar-refractivity contribution in [3.63, 3.8) is 0 Å². The van der Waals surface area contributed by atoms with Gasteiger partial charge < -0.3 is 15.0 Å². The van der Waals surface area contributed by atoms with Crippen molar-refractivity contribution in [1.29, 1.82) is 0 Å². The van der Waals surface area contributed by atoms with Gasteiger partial charge in [-0.15, -0.1) is 0 Å². The second-order valence-corrected chi connectivity index (χ2v) is 10.1. The van der Waals surface area contributed by atoms with E-state index in [-0.39, 0.29) is 30.1 Å². The minimum Gasteiger partial charge on any atom is -0.495 e. The minimum absolute atomic E-state index is 0.0206. The van der Waals surface area contributed by atoms with E-state index in [2.05, 4.69) is 5.32 Å². The first-order chi connectivity index (χ1) is 16.9. The maximum atomic E-state index is 13.6. The van der Waals surface area contributed by atoms with E-state index in [1.165, 1.54) is 18.1 Å². The predicted molar refractivity (Wildman–Crippen MR) is 137 cm³/mol. The van der Waals surface area contributed by atoms with Crippen LogP contribution in [0.25, 0.3) is 0 Å². The van der Waals surface area contributed by atoms with E-state index < -0.39 is 39.3 Å². The van der Waals surface area contributed by atoms with Crippen molar-refractivity contribution < 1.29 is 27.7 Å². The molecule has 0 aromatic heterocycles. The van der Waals surface area contributed by atoms with Gasteiger partial charge in [-0.3, -0.25) is 24.0 Å². The maximum absolute atomic E-state index is 13.6. The third-order valence-corrected chi connectivity index (χ3v) is 6.85. The van der Waals surface area contributed by atoms with Gasteiger partial charge in [0.15, 0.2) is 0 Å². The second-order valence-electron chi connectivity index (χ2n) is 7.81. The third-order valence-electron chi connectivity index (χ3n) is 5.36. The quantitative estimate of drug-likeness (QED) is 0.322. The number of nitro groups is 1. The van der Waals surface area contributed by atoms with E-state index in [0.717, 1.165) is 22.7 Å². The molecular weight excluding hydrogens is 512 g/mol. The Labute approximate surface area is 215 Å². The maximum Gasteiger partial charge on any atom is 0.271 e. The van der Waals surface area contributed by atoms with Crippen LogP contribution in [-0.4, -0.2) is 62.6 Å². The van der Waals surface area contributed by atoms with E-state index in [4.69, 9.17) is 16.3 Å². The summed E-state index contributed by atoms with van der Waals surface area (Å²) in [5, 5.41) is 14.4. The molecule has 0 fully saturated rings. The van der Waals surface area contributed by atoms with Gasteiger partial charge in [-0.1, -0.05) is 36.7 Å². The van der Waals surface area contributed by atoms with Crippen LogP contribution in [0.15, 0.2) is 42.5 Å². The first-order valence-electron chi connectivity index (χ1n) is 11.0. The van der Waals surface area contributed by atoms with Gasteiger partial charge >= 0.3 is 0 Å². The molecule has 2 amide bonds. The van der Waals surface area contributed by atoms with Crippen LogP contribution in [0.1, 0.15) is 25.8 Å². The van der Waals surface area contributed by atoms with Crippen LogP contribution < -0.4 is 14.4 Å². The first kappa shape index (κ1) is 28.9. The molecule has 0 aliphatic rings. The van der Waals surface area contributed by atoms with Gasteiger partial charge in [0.25, 0.3) is 5.69 Å². The number of carbonyl (C=O) groups is 2. The highest BCUT2D eigenvalue weighted by Crippen LogP contribution is 2.34. The standard InChI is InChI=1S/C23H29ClN4O7S/c1-5-19(23(30)25-6-2)26(14-16-9-7-8-10-18(16)24)22(29)15-27(36(4,33)34)20-13-17(28(31)32)11-12-21(20)35-3/h7-13,19H,5-6,14-15H2,1-4H3,(H,25,30). The lowest BCUT2D eigenvalue weighted by atomic mass is 10.1. The molecule has 0 heterocycles. The SMILES string of the molecule is CCNC(=O)C(CC)N(Cc1ccccc1Cl)C(=O)CN(c1cc([N+](=O)[O-])ccc1OC)S(C)(=O)=O. The Balaban J connectivity index is 2.57. The zero-order valence-electron chi connectivity index (χ0n) is 20.4. The molecule has 11 nitrogen and oxygen atoms in total. The number of hydrogen-bond donors (Lipinski definition) is 1. The van der Waals surface area contributed by atoms with E-state index in [1.54, 1.807) is 38.1 Å². The minimum atomic E-state index is -4.11. The number of nitrogens with one attached hydrogen (secondary N) is 1. The molecule has 2 aromatic carbocycles. The monoisotopic (exact) mass is 540 g/mol. The summed E-state index contributed by atoms with van der Waals surface area (Å²) in [6.07, 6.45) is 1.12. The number of benzene rings is 2. The summed E-state index contributed by atoms with van der Waals surface area (Å²) < 4.78 is 31.5. The largest absolute Gasteiger partial charge is 0.495 e. The molecule has 36 heavy (non-hydrogen) atoms. The van der Waals surface area contributed by atoms with Gasteiger partial charge in [-0.2, -0.15) is 0 Å². The van der Waals surface area contributed by atoms with Crippen LogP contribution in [0.3, 0.4) is 0 Å². The number of nitrogens with zero attached hydrogens (tertiary/aromatic N) is 3. The smallest absolute Gasteiger partial charge is 0.271 e. The summed E-state index contributed by atoms with van der Waals surface area (Å²) in [7, 11) is -2.83. The summed E-state index contributed by atoms with van der Waals surface area (Å²) in [6, 6.07) is 9.31. The van der Waals surface area contributed by atoms with Crippen LogP contribution >= 0.6 is 11.6 Å². The Kier molecular flexibility index (Phi) is 10.1. The topological polar surface area (TPSA) is 139 Å². The molecule has 1 N–H and O–H groups in total. The van der Waals surface area contributed by atoms with Crippen LogP contribution in [0.4, 0.5) is 11.4 Å². The van der Waals surface area contributed by atoms with Crippen molar-refractivity contribution >= 4 is 44.8 Å². The fourth-order valence-corrected chi connectivity index (χ4v) is 4.64. The molecule has 0 aliphatic heterocycles. The molecule has 0 radical (unpaired) electrons. The van der Waals surface area contributed by atoms with Gasteiger partial charge in [0.05, 0.1) is 18.3 Å². The number of hydrogen-bond acceptors (Lipinski definition) is 7. The number of halogens is 1. The molecule has 0 saturated heterocycles. The number of carbonyl (C=O) groups excluding carboxylic acids is 2. The molecule has 1 atom stereocenters. The third kappa shape index (κ3) is 7.08. The van der Waals surface area contributed by atoms with Crippen molar-refractivity contribution in [1.82, 2.24) is 10.2 Å². The average Bonchev–Trinajstić information content (AvgIpc) is 2.82. The highest BCUT2D eigenvalue weighted by molar-refractivity contribution is 7.92. The number of ether oxygens (including phenoxy) is 1. The lowest BCUT2D eigenvalue weighted by molar-refractivity contribution is -0.384. The number of anilines is 1. The number of rotatable bonds is 12. The van der Waals surface area contributed by atoms with E-state index in [1.807, 2.05) is 0 Å². The number of likely N-dealkylation sites (N-methyl/N-ethyl adjacent to an activating group) is 1. The van der Waals surface area contributed by atoms with Crippen LogP contribution in [0.5, 0.6) is 5.75 Å². The molecule has 2 rings (SSSR count). The fourth-order valence-electron chi connectivity index (χ4n) is 3.60. The highest BCUT2D eigenvalue weighted by Gasteiger charge is 2.33. The number of methoxy groups -OCH3 is 1. The van der Waals surface area contributed by atoms with Crippen molar-refractivity contribution in [3.05, 3.63) is 63.2 Å². The van der Waals surface area contributed by atoms with E-state index in [9.17, 15) is 28.1 Å². The molecule has 1 unspecified atom stereocenters. The van der Waals surface area contributed by atoms with Gasteiger partial charge in [0, 0.05) is 30.2 Å². The summed E-state index contributed by atoms with van der Waals surface area (Å²) in [5.74, 6) is -1.08. The molecule has 2 aromatic rings. The van der Waals surface area contributed by atoms with Crippen molar-refractivity contribution in [3.8, 4) is 5.75 Å². The van der Waals surface area contributed by atoms with Gasteiger partial charge in [-0.05, 0) is 31.0 Å². The van der Waals surface area contributed by atoms with E-state index in [0.29, 0.717) is 17.1 Å². The van der Waals surface area contributed by atoms with Gasteiger partial charge in [0.1, 0.15) is 24.0 Å². The summed E-state index contributed by atoms with van der Waals surface area (Å²) in [4.78, 5) is 38.3. The Morgan fingerprint density at radius 2 is 1.86 bits per heavy atom. The molecule has 0 spiro atoms. The summed E-state index contributed by atoms with van der Waals surface area (Å²) in [5.41, 5.74) is 0.00832. The molecule has 196 valence electrons. The predicted octanol–water partition coefficient (Wildman–Crippen LogP) is 2.97. The number of nitro benzene ring substituents is 1. The van der Waals surface area contributed by atoms with Crippen molar-refractivity contribution in [2.45, 2.75) is 32.9 Å². The molecule has 0 bridgehead atoms. The highest BCUT2D eigenvalue weighted by atomic mass is 35.5. The second kappa shape index (κ2) is 12.5. The Morgan fingerprint density at radius 1 is 1.19 bits per heavy atom. The molecule has 0 aliphatic carbocycles. The van der Waals surface area contributed by atoms with Gasteiger partial charge in [-0.25, -0.2) is 8.42 Å². The Bertz CT molecular complexity index is 1220. The lowest BCUT2D eigenvalue weighted by Gasteiger charge is -2.33.